The maximum Gasteiger partial charge on any atom is 0.323 e. The molecule has 0 N–H and O–H groups in total. The van der Waals surface area contributed by atoms with Crippen molar-refractivity contribution in [1.82, 2.24) is 5.06 Å². The quantitative estimate of drug-likeness (QED) is 0.354. The lowest BCUT2D eigenvalue weighted by Gasteiger charge is -2.26. The number of halogens is 1. The summed E-state index contributed by atoms with van der Waals surface area (Å²) in [7, 11) is 0. The first-order chi connectivity index (χ1) is 9.06. The van der Waals surface area contributed by atoms with E-state index < -0.39 is 0 Å². The molecule has 19 heavy (non-hydrogen) atoms. The van der Waals surface area contributed by atoms with Gasteiger partial charge in [-0.3, -0.25) is 4.79 Å². The highest BCUT2D eigenvalue weighted by Gasteiger charge is 2.20. The molecule has 0 aliphatic carbocycles. The molecule has 1 fully saturated rings. The number of ether oxygens (including phenoxy) is 1. The third-order valence-corrected chi connectivity index (χ3v) is 3.86. The highest BCUT2D eigenvalue weighted by atomic mass is 127. The van der Waals surface area contributed by atoms with Gasteiger partial charge in [-0.25, -0.2) is 0 Å². The molecule has 1 aromatic rings. The molecule has 1 heterocycles. The van der Waals surface area contributed by atoms with Gasteiger partial charge in [-0.05, 0) is 43.4 Å². The number of rotatable bonds is 3. The van der Waals surface area contributed by atoms with Gasteiger partial charge in [-0.2, -0.15) is 5.06 Å². The molecule has 5 heteroatoms. The second kappa shape index (κ2) is 6.67. The maximum atomic E-state index is 11.5. The zero-order chi connectivity index (χ0) is 13.8. The van der Waals surface area contributed by atoms with Crippen LogP contribution in [0.15, 0.2) is 24.3 Å². The molecule has 2 rings (SSSR count). The number of hydroxylamine groups is 2. The van der Waals surface area contributed by atoms with Crippen molar-refractivity contribution in [2.45, 2.75) is 29.6 Å². The Kier molecular flexibility index (Phi) is 5.18. The minimum atomic E-state index is -0.229. The van der Waals surface area contributed by atoms with Crippen molar-refractivity contribution in [2.24, 2.45) is 0 Å². The first-order valence-corrected chi connectivity index (χ1v) is 7.68. The number of benzene rings is 1. The van der Waals surface area contributed by atoms with Crippen LogP contribution in [0.25, 0.3) is 0 Å². The van der Waals surface area contributed by atoms with Crippen LogP contribution in [0.4, 0.5) is 0 Å². The van der Waals surface area contributed by atoms with Gasteiger partial charge in [0.2, 0.25) is 0 Å². The van der Waals surface area contributed by atoms with Gasteiger partial charge in [0, 0.05) is 13.1 Å². The highest BCUT2D eigenvalue weighted by molar-refractivity contribution is 14.1. The SMILES string of the molecule is CC(I)C(=O)Oc1ccc(C2CCN([O])CC2)cc1. The van der Waals surface area contributed by atoms with Crippen LogP contribution in [0.2, 0.25) is 0 Å². The molecule has 103 valence electrons. The zero-order valence-electron chi connectivity index (χ0n) is 10.8. The van der Waals surface area contributed by atoms with Crippen molar-refractivity contribution in [2.75, 3.05) is 13.1 Å². The topological polar surface area (TPSA) is 49.4 Å². The van der Waals surface area contributed by atoms with E-state index in [4.69, 9.17) is 4.74 Å². The van der Waals surface area contributed by atoms with Crippen LogP contribution in [-0.2, 0) is 10.0 Å². The van der Waals surface area contributed by atoms with Gasteiger partial charge in [0.25, 0.3) is 0 Å². The highest BCUT2D eigenvalue weighted by Crippen LogP contribution is 2.28. The summed E-state index contributed by atoms with van der Waals surface area (Å²) in [6, 6.07) is 7.64. The summed E-state index contributed by atoms with van der Waals surface area (Å²) in [6.07, 6.45) is 1.79. The molecule has 1 radical (unpaired) electrons. The average molecular weight is 374 g/mol. The number of hydrogen-bond donors (Lipinski definition) is 0. The number of nitrogens with zero attached hydrogens (tertiary/aromatic N) is 1. The predicted octanol–water partition coefficient (Wildman–Crippen LogP) is 2.94. The molecule has 1 saturated heterocycles. The summed E-state index contributed by atoms with van der Waals surface area (Å²) >= 11 is 2.03. The Balaban J connectivity index is 1.96. The first kappa shape index (κ1) is 14.7. The summed E-state index contributed by atoms with van der Waals surface area (Å²) < 4.78 is 5.08. The van der Waals surface area contributed by atoms with Crippen LogP contribution < -0.4 is 4.74 Å². The Labute approximate surface area is 126 Å². The zero-order valence-corrected chi connectivity index (χ0v) is 13.0. The molecule has 1 unspecified atom stereocenters. The van der Waals surface area contributed by atoms with Crippen molar-refractivity contribution >= 4 is 28.6 Å². The Morgan fingerprint density at radius 1 is 1.32 bits per heavy atom. The summed E-state index contributed by atoms with van der Waals surface area (Å²) in [5.41, 5.74) is 1.22. The number of carbonyl (C=O) groups excluding carboxylic acids is 1. The Bertz CT molecular complexity index is 425. The molecule has 0 bridgehead atoms. The number of esters is 1. The van der Waals surface area contributed by atoms with E-state index in [2.05, 4.69) is 0 Å². The molecule has 0 saturated carbocycles. The largest absolute Gasteiger partial charge is 0.426 e. The Hall–Kier alpha value is -0.660. The van der Waals surface area contributed by atoms with E-state index in [1.807, 2.05) is 46.9 Å². The van der Waals surface area contributed by atoms with Crippen LogP contribution >= 0.6 is 22.6 Å². The van der Waals surface area contributed by atoms with Crippen LogP contribution in [0.1, 0.15) is 31.2 Å². The van der Waals surface area contributed by atoms with Crippen LogP contribution in [0, 0.1) is 0 Å². The second-order valence-electron chi connectivity index (χ2n) is 4.81. The number of hydrogen-bond acceptors (Lipinski definition) is 3. The normalized spacial score (nSPS) is 19.1. The fourth-order valence-electron chi connectivity index (χ4n) is 2.19. The van der Waals surface area contributed by atoms with Gasteiger partial charge < -0.3 is 4.74 Å². The van der Waals surface area contributed by atoms with Crippen LogP contribution in [0.5, 0.6) is 5.75 Å². The molecule has 0 spiro atoms. The van der Waals surface area contributed by atoms with Crippen molar-refractivity contribution in [3.05, 3.63) is 29.8 Å². The lowest BCUT2D eigenvalue weighted by molar-refractivity contribution is -0.168. The lowest BCUT2D eigenvalue weighted by Crippen LogP contribution is -2.28. The van der Waals surface area contributed by atoms with Crippen molar-refractivity contribution < 1.29 is 14.7 Å². The predicted molar refractivity (Wildman–Crippen MR) is 79.8 cm³/mol. The molecule has 0 amide bonds. The van der Waals surface area contributed by atoms with E-state index in [0.717, 1.165) is 17.9 Å². The van der Waals surface area contributed by atoms with E-state index >= 15 is 0 Å². The minimum absolute atomic E-state index is 0.154. The van der Waals surface area contributed by atoms with Crippen molar-refractivity contribution in [3.8, 4) is 5.75 Å². The van der Waals surface area contributed by atoms with E-state index in [-0.39, 0.29) is 9.89 Å². The first-order valence-electron chi connectivity index (χ1n) is 6.44. The van der Waals surface area contributed by atoms with Crippen LogP contribution in [0.3, 0.4) is 0 Å². The van der Waals surface area contributed by atoms with E-state index in [1.54, 1.807) is 6.92 Å². The van der Waals surface area contributed by atoms with Crippen molar-refractivity contribution in [3.63, 3.8) is 0 Å². The summed E-state index contributed by atoms with van der Waals surface area (Å²) in [6.45, 7) is 3.01. The number of carbonyl (C=O) groups is 1. The van der Waals surface area contributed by atoms with Gasteiger partial charge in [-0.15, -0.1) is 5.21 Å². The Morgan fingerprint density at radius 3 is 2.42 bits per heavy atom. The molecule has 0 aromatic heterocycles. The average Bonchev–Trinajstić information content (AvgIpc) is 2.40. The molecular weight excluding hydrogens is 357 g/mol. The second-order valence-corrected chi connectivity index (χ2v) is 6.68. The molecule has 1 aliphatic rings. The van der Waals surface area contributed by atoms with Crippen molar-refractivity contribution in [1.29, 1.82) is 0 Å². The number of piperidine rings is 1. The Morgan fingerprint density at radius 2 is 1.89 bits per heavy atom. The fraction of sp³-hybridized carbons (Fsp3) is 0.500. The molecule has 1 aliphatic heterocycles. The van der Waals surface area contributed by atoms with Gasteiger partial charge in [0.1, 0.15) is 9.67 Å². The van der Waals surface area contributed by atoms with E-state index in [1.165, 1.54) is 5.56 Å². The summed E-state index contributed by atoms with van der Waals surface area (Å²) in [5.74, 6) is 0.796. The van der Waals surface area contributed by atoms with E-state index in [9.17, 15) is 10.0 Å². The fourth-order valence-corrected chi connectivity index (χ4v) is 2.32. The van der Waals surface area contributed by atoms with Gasteiger partial charge in [0.15, 0.2) is 0 Å². The minimum Gasteiger partial charge on any atom is -0.426 e. The van der Waals surface area contributed by atoms with Gasteiger partial charge in [0.05, 0.1) is 0 Å². The molecule has 1 atom stereocenters. The third kappa shape index (κ3) is 4.15. The van der Waals surface area contributed by atoms with Gasteiger partial charge in [-0.1, -0.05) is 34.7 Å². The maximum absolute atomic E-state index is 11.5. The smallest absolute Gasteiger partial charge is 0.323 e. The summed E-state index contributed by atoms with van der Waals surface area (Å²) in [5, 5.41) is 12.3. The molecule has 1 aromatic carbocycles. The third-order valence-electron chi connectivity index (χ3n) is 3.35. The van der Waals surface area contributed by atoms with E-state index in [0.29, 0.717) is 24.8 Å². The van der Waals surface area contributed by atoms with Crippen LogP contribution in [-0.4, -0.2) is 28.0 Å². The molecular formula is C14H17INO3. The lowest BCUT2D eigenvalue weighted by atomic mass is 9.90. The number of alkyl halides is 1. The monoisotopic (exact) mass is 374 g/mol. The van der Waals surface area contributed by atoms with Gasteiger partial charge >= 0.3 is 5.97 Å². The standard InChI is InChI=1S/C14H17INO3/c1-10(15)14(17)19-13-4-2-11(3-5-13)12-6-8-16(18)9-7-12/h2-5,10,12H,6-9H2,1H3. The molecule has 4 nitrogen and oxygen atoms in total. The summed E-state index contributed by atoms with van der Waals surface area (Å²) in [4.78, 5) is 11.5.